The largest absolute Gasteiger partial charge is 0.323 e. The highest BCUT2D eigenvalue weighted by molar-refractivity contribution is 9.10. The van der Waals surface area contributed by atoms with E-state index < -0.39 is 10.0 Å². The quantitative estimate of drug-likeness (QED) is 0.537. The number of hydrogen-bond acceptors (Lipinski definition) is 4. The van der Waals surface area contributed by atoms with Crippen LogP contribution in [0.3, 0.4) is 0 Å². The minimum absolute atomic E-state index is 0.00236. The van der Waals surface area contributed by atoms with E-state index >= 15 is 0 Å². The van der Waals surface area contributed by atoms with E-state index in [1.165, 1.54) is 12.1 Å². The Hall–Kier alpha value is -2.49. The molecule has 0 saturated carbocycles. The van der Waals surface area contributed by atoms with Crippen molar-refractivity contribution >= 4 is 37.5 Å². The van der Waals surface area contributed by atoms with Gasteiger partial charge in [-0.2, -0.15) is 5.10 Å². The fourth-order valence-corrected chi connectivity index (χ4v) is 3.80. The fourth-order valence-electron chi connectivity index (χ4n) is 2.50. The highest BCUT2D eigenvalue weighted by Crippen LogP contribution is 2.14. The molecule has 1 amide bonds. The van der Waals surface area contributed by atoms with Gasteiger partial charge in [-0.3, -0.25) is 9.48 Å². The van der Waals surface area contributed by atoms with Crippen molar-refractivity contribution in [1.82, 2.24) is 14.5 Å². The molecule has 0 bridgehead atoms. The molecule has 9 heteroatoms. The minimum Gasteiger partial charge on any atom is -0.323 e. The van der Waals surface area contributed by atoms with Gasteiger partial charge in [0.05, 0.1) is 23.3 Å². The number of nitrogens with one attached hydrogen (secondary N) is 2. The number of nitrogens with zero attached hydrogens (tertiary/aromatic N) is 2. The van der Waals surface area contributed by atoms with Crippen LogP contribution in [0.15, 0.2) is 76.4 Å². The Morgan fingerprint density at radius 2 is 1.79 bits per heavy atom. The van der Waals surface area contributed by atoms with E-state index in [4.69, 9.17) is 0 Å². The minimum atomic E-state index is -3.64. The van der Waals surface area contributed by atoms with Crippen LogP contribution in [-0.4, -0.2) is 30.7 Å². The third-order valence-electron chi connectivity index (χ3n) is 3.87. The van der Waals surface area contributed by atoms with E-state index in [1.807, 2.05) is 30.3 Å². The maximum atomic E-state index is 12.2. The van der Waals surface area contributed by atoms with Crippen LogP contribution >= 0.6 is 15.9 Å². The van der Waals surface area contributed by atoms with E-state index in [0.717, 1.165) is 10.0 Å². The van der Waals surface area contributed by atoms with Crippen molar-refractivity contribution < 1.29 is 13.2 Å². The van der Waals surface area contributed by atoms with E-state index in [-0.39, 0.29) is 23.8 Å². The molecule has 2 aromatic carbocycles. The van der Waals surface area contributed by atoms with Gasteiger partial charge in [0.15, 0.2) is 0 Å². The Morgan fingerprint density at radius 1 is 1.07 bits per heavy atom. The zero-order chi connectivity index (χ0) is 20.0. The molecule has 0 aliphatic heterocycles. The van der Waals surface area contributed by atoms with Crippen LogP contribution in [-0.2, 0) is 21.4 Å². The summed E-state index contributed by atoms with van der Waals surface area (Å²) in [6.45, 7) is 0.603. The van der Waals surface area contributed by atoms with Crippen LogP contribution < -0.4 is 10.0 Å². The number of aromatic nitrogens is 2. The molecule has 0 fully saturated rings. The molecule has 3 rings (SSSR count). The molecular formula is C19H19BrN4O3S. The van der Waals surface area contributed by atoms with Crippen molar-refractivity contribution in [2.75, 3.05) is 11.9 Å². The number of hydrogen-bond donors (Lipinski definition) is 2. The number of anilines is 1. The molecule has 0 radical (unpaired) electrons. The van der Waals surface area contributed by atoms with Gasteiger partial charge in [-0.15, -0.1) is 0 Å². The predicted octanol–water partition coefficient (Wildman–Crippen LogP) is 3.00. The summed E-state index contributed by atoms with van der Waals surface area (Å²) in [5.74, 6) is -0.294. The molecular weight excluding hydrogens is 444 g/mol. The SMILES string of the molecule is O=C(CCNS(=O)(=O)c1ccc(Br)cc1)Nc1cnn(Cc2ccccc2)c1. The smallest absolute Gasteiger partial charge is 0.240 e. The topological polar surface area (TPSA) is 93.1 Å². The number of carbonyl (C=O) groups excluding carboxylic acids is 1. The lowest BCUT2D eigenvalue weighted by atomic mass is 10.2. The van der Waals surface area contributed by atoms with Crippen LogP contribution in [0, 0.1) is 0 Å². The lowest BCUT2D eigenvalue weighted by molar-refractivity contribution is -0.116. The van der Waals surface area contributed by atoms with Crippen LogP contribution in [0.1, 0.15) is 12.0 Å². The fraction of sp³-hybridized carbons (Fsp3) is 0.158. The Bertz CT molecular complexity index is 1030. The summed E-state index contributed by atoms with van der Waals surface area (Å²) in [7, 11) is -3.64. The molecule has 0 aliphatic carbocycles. The first kappa shape index (κ1) is 20.2. The average Bonchev–Trinajstić information content (AvgIpc) is 3.09. The number of carbonyl (C=O) groups is 1. The van der Waals surface area contributed by atoms with Crippen LogP contribution in [0.25, 0.3) is 0 Å². The molecule has 0 spiro atoms. The van der Waals surface area contributed by atoms with Gasteiger partial charge in [0.25, 0.3) is 0 Å². The van der Waals surface area contributed by atoms with Gasteiger partial charge < -0.3 is 5.32 Å². The monoisotopic (exact) mass is 462 g/mol. The zero-order valence-corrected chi connectivity index (χ0v) is 17.3. The number of benzene rings is 2. The normalized spacial score (nSPS) is 11.3. The molecule has 1 aromatic heterocycles. The van der Waals surface area contributed by atoms with E-state index in [9.17, 15) is 13.2 Å². The third kappa shape index (κ3) is 5.75. The molecule has 3 aromatic rings. The Kier molecular flexibility index (Phi) is 6.61. The molecule has 1 heterocycles. The third-order valence-corrected chi connectivity index (χ3v) is 5.88. The summed E-state index contributed by atoms with van der Waals surface area (Å²) in [5, 5.41) is 6.94. The summed E-state index contributed by atoms with van der Waals surface area (Å²) in [6, 6.07) is 16.1. The Morgan fingerprint density at radius 3 is 2.50 bits per heavy atom. The first-order valence-corrected chi connectivity index (χ1v) is 10.8. The van der Waals surface area contributed by atoms with E-state index in [1.54, 1.807) is 29.2 Å². The van der Waals surface area contributed by atoms with E-state index in [0.29, 0.717) is 12.2 Å². The number of amides is 1. The first-order chi connectivity index (χ1) is 13.4. The van der Waals surface area contributed by atoms with Crippen molar-refractivity contribution in [1.29, 1.82) is 0 Å². The number of halogens is 1. The second-order valence-corrected chi connectivity index (χ2v) is 8.74. The van der Waals surface area contributed by atoms with Crippen molar-refractivity contribution in [2.45, 2.75) is 17.9 Å². The lowest BCUT2D eigenvalue weighted by Gasteiger charge is -2.07. The zero-order valence-electron chi connectivity index (χ0n) is 14.9. The van der Waals surface area contributed by atoms with Gasteiger partial charge >= 0.3 is 0 Å². The highest BCUT2D eigenvalue weighted by atomic mass is 79.9. The average molecular weight is 463 g/mol. The molecule has 0 aliphatic rings. The second-order valence-electron chi connectivity index (χ2n) is 6.06. The molecule has 28 heavy (non-hydrogen) atoms. The van der Waals surface area contributed by atoms with Crippen LogP contribution in [0.4, 0.5) is 5.69 Å². The summed E-state index contributed by atoms with van der Waals surface area (Å²) in [4.78, 5) is 12.2. The maximum Gasteiger partial charge on any atom is 0.240 e. The summed E-state index contributed by atoms with van der Waals surface area (Å²) < 4.78 is 29.3. The highest BCUT2D eigenvalue weighted by Gasteiger charge is 2.14. The molecule has 0 unspecified atom stereocenters. The van der Waals surface area contributed by atoms with Crippen molar-refractivity contribution in [3.05, 3.63) is 77.0 Å². The second kappa shape index (κ2) is 9.13. The molecule has 0 atom stereocenters. The summed E-state index contributed by atoms with van der Waals surface area (Å²) in [6.07, 6.45) is 3.31. The summed E-state index contributed by atoms with van der Waals surface area (Å²) >= 11 is 3.26. The summed E-state index contributed by atoms with van der Waals surface area (Å²) in [5.41, 5.74) is 1.67. The number of rotatable bonds is 8. The predicted molar refractivity (Wildman–Crippen MR) is 110 cm³/mol. The lowest BCUT2D eigenvalue weighted by Crippen LogP contribution is -2.27. The van der Waals surface area contributed by atoms with Gasteiger partial charge in [0.2, 0.25) is 15.9 Å². The molecule has 0 saturated heterocycles. The maximum absolute atomic E-state index is 12.2. The van der Waals surface area contributed by atoms with Gasteiger partial charge in [-0.05, 0) is 29.8 Å². The Labute approximate surface area is 172 Å². The van der Waals surface area contributed by atoms with Crippen LogP contribution in [0.5, 0.6) is 0 Å². The standard InChI is InChI=1S/C19H19BrN4O3S/c20-16-6-8-18(9-7-16)28(26,27)22-11-10-19(25)23-17-12-21-24(14-17)13-15-4-2-1-3-5-15/h1-9,12,14,22H,10-11,13H2,(H,23,25). The van der Waals surface area contributed by atoms with Crippen molar-refractivity contribution in [3.63, 3.8) is 0 Å². The Balaban J connectivity index is 1.47. The van der Waals surface area contributed by atoms with Gasteiger partial charge in [0.1, 0.15) is 0 Å². The van der Waals surface area contributed by atoms with Crippen molar-refractivity contribution in [2.24, 2.45) is 0 Å². The first-order valence-electron chi connectivity index (χ1n) is 8.54. The van der Waals surface area contributed by atoms with Gasteiger partial charge in [0, 0.05) is 23.6 Å². The van der Waals surface area contributed by atoms with Crippen LogP contribution in [0.2, 0.25) is 0 Å². The molecule has 146 valence electrons. The van der Waals surface area contributed by atoms with Crippen molar-refractivity contribution in [3.8, 4) is 0 Å². The molecule has 7 nitrogen and oxygen atoms in total. The van der Waals surface area contributed by atoms with Gasteiger partial charge in [-0.25, -0.2) is 13.1 Å². The van der Waals surface area contributed by atoms with E-state index in [2.05, 4.69) is 31.1 Å². The molecule has 2 N–H and O–H groups in total. The van der Waals surface area contributed by atoms with Gasteiger partial charge in [-0.1, -0.05) is 46.3 Å². The number of sulfonamides is 1.